The molecule has 0 atom stereocenters. The molecule has 4 heteroatoms. The molecule has 19 heavy (non-hydrogen) atoms. The second-order valence-electron chi connectivity index (χ2n) is 5.32. The molecule has 0 aliphatic carbocycles. The molecule has 1 aromatic carbocycles. The van der Waals surface area contributed by atoms with Crippen molar-refractivity contribution >= 4 is 23.7 Å². The first kappa shape index (κ1) is 15.5. The first-order chi connectivity index (χ1) is 8.70. The van der Waals surface area contributed by atoms with Crippen molar-refractivity contribution < 1.29 is 14.3 Å². The minimum Gasteiger partial charge on any atom is -0.423 e. The zero-order valence-corrected chi connectivity index (χ0v) is 12.5. The minimum atomic E-state index is -0.587. The molecule has 0 aliphatic heterocycles. The smallest absolute Gasteiger partial charge is 0.336 e. The van der Waals surface area contributed by atoms with E-state index in [9.17, 15) is 9.59 Å². The van der Waals surface area contributed by atoms with E-state index in [-0.39, 0.29) is 5.41 Å². The molecule has 1 aromatic rings. The van der Waals surface area contributed by atoms with Gasteiger partial charge in [-0.05, 0) is 35.6 Å². The molecule has 0 heterocycles. The Morgan fingerprint density at radius 1 is 1.21 bits per heavy atom. The summed E-state index contributed by atoms with van der Waals surface area (Å²) in [6.45, 7) is 8.12. The molecule has 102 valence electrons. The van der Waals surface area contributed by atoms with E-state index < -0.39 is 11.1 Å². The molecule has 3 nitrogen and oxygen atoms in total. The summed E-state index contributed by atoms with van der Waals surface area (Å²) in [5.41, 5.74) is 1.92. The van der Waals surface area contributed by atoms with Crippen molar-refractivity contribution in [2.45, 2.75) is 33.1 Å². The van der Waals surface area contributed by atoms with E-state index in [1.807, 2.05) is 25.1 Å². The molecule has 0 aliphatic rings. The predicted octanol–water partition coefficient (Wildman–Crippen LogP) is 3.21. The molecule has 0 fully saturated rings. The lowest BCUT2D eigenvalue weighted by Crippen LogP contribution is -2.12. The van der Waals surface area contributed by atoms with Gasteiger partial charge in [0.2, 0.25) is 5.12 Å². The van der Waals surface area contributed by atoms with Gasteiger partial charge >= 0.3 is 5.97 Å². The Labute approximate surface area is 119 Å². The highest BCUT2D eigenvalue weighted by Crippen LogP contribution is 2.28. The Morgan fingerprint density at radius 3 is 2.37 bits per heavy atom. The van der Waals surface area contributed by atoms with Gasteiger partial charge in [0.25, 0.3) is 0 Å². The van der Waals surface area contributed by atoms with E-state index in [4.69, 9.17) is 4.74 Å². The summed E-state index contributed by atoms with van der Waals surface area (Å²) in [7, 11) is 0. The molecule has 0 saturated heterocycles. The fraction of sp³-hybridized carbons (Fsp3) is 0.333. The highest BCUT2D eigenvalue weighted by Gasteiger charge is 2.16. The largest absolute Gasteiger partial charge is 0.423 e. The van der Waals surface area contributed by atoms with E-state index >= 15 is 0 Å². The fourth-order valence-corrected chi connectivity index (χ4v) is 1.53. The normalized spacial score (nSPS) is 11.6. The van der Waals surface area contributed by atoms with Crippen LogP contribution in [0.15, 0.2) is 30.4 Å². The van der Waals surface area contributed by atoms with Crippen molar-refractivity contribution in [3.8, 4) is 5.75 Å². The van der Waals surface area contributed by atoms with Crippen LogP contribution in [-0.4, -0.2) is 11.1 Å². The Hall–Kier alpha value is -1.55. The van der Waals surface area contributed by atoms with E-state index in [0.29, 0.717) is 5.75 Å². The van der Waals surface area contributed by atoms with Gasteiger partial charge in [0.15, 0.2) is 0 Å². The van der Waals surface area contributed by atoms with Crippen molar-refractivity contribution in [2.24, 2.45) is 0 Å². The van der Waals surface area contributed by atoms with Gasteiger partial charge in [-0.15, -0.1) is 12.6 Å². The third-order valence-corrected chi connectivity index (χ3v) is 2.78. The number of carbonyl (C=O) groups excluding carboxylic acids is 2. The van der Waals surface area contributed by atoms with Crippen molar-refractivity contribution in [1.82, 2.24) is 0 Å². The van der Waals surface area contributed by atoms with Crippen LogP contribution in [0.25, 0.3) is 0 Å². The number of thiol groups is 1. The Morgan fingerprint density at radius 2 is 1.84 bits per heavy atom. The molecule has 0 spiro atoms. The number of hydrogen-bond donors (Lipinski definition) is 1. The Bertz CT molecular complexity index is 525. The second-order valence-corrected chi connectivity index (χ2v) is 5.76. The summed E-state index contributed by atoms with van der Waals surface area (Å²) >= 11 is 3.54. The number of aryl methyl sites for hydroxylation is 1. The third kappa shape index (κ3) is 4.91. The van der Waals surface area contributed by atoms with Crippen molar-refractivity contribution in [1.29, 1.82) is 0 Å². The van der Waals surface area contributed by atoms with E-state index in [0.717, 1.165) is 23.3 Å². The number of hydrogen-bond acceptors (Lipinski definition) is 3. The van der Waals surface area contributed by atoms with E-state index in [2.05, 4.69) is 33.4 Å². The molecule has 0 aromatic heterocycles. The number of rotatable bonds is 3. The summed E-state index contributed by atoms with van der Waals surface area (Å²) in [5.74, 6) is -0.0785. The first-order valence-electron chi connectivity index (χ1n) is 5.94. The van der Waals surface area contributed by atoms with Gasteiger partial charge in [0.1, 0.15) is 5.75 Å². The predicted molar refractivity (Wildman–Crippen MR) is 78.6 cm³/mol. The van der Waals surface area contributed by atoms with Crippen LogP contribution in [0.1, 0.15) is 31.9 Å². The van der Waals surface area contributed by atoms with Crippen LogP contribution in [0.2, 0.25) is 0 Å². The van der Waals surface area contributed by atoms with Crippen LogP contribution in [-0.2, 0) is 15.0 Å². The summed E-state index contributed by atoms with van der Waals surface area (Å²) < 4.78 is 5.22. The van der Waals surface area contributed by atoms with Gasteiger partial charge < -0.3 is 4.74 Å². The second kappa shape index (κ2) is 6.06. The maximum Gasteiger partial charge on any atom is 0.336 e. The first-order valence-corrected chi connectivity index (χ1v) is 6.39. The lowest BCUT2D eigenvalue weighted by molar-refractivity contribution is -0.129. The van der Waals surface area contributed by atoms with Gasteiger partial charge in [0.05, 0.1) is 0 Å². The number of carbonyl (C=O) groups is 2. The highest BCUT2D eigenvalue weighted by atomic mass is 32.1. The zero-order chi connectivity index (χ0) is 14.6. The van der Waals surface area contributed by atoms with Gasteiger partial charge in [-0.2, -0.15) is 0 Å². The van der Waals surface area contributed by atoms with Crippen molar-refractivity contribution in [3.05, 3.63) is 41.5 Å². The maximum absolute atomic E-state index is 11.5. The van der Waals surface area contributed by atoms with Crippen LogP contribution in [0.4, 0.5) is 0 Å². The van der Waals surface area contributed by atoms with Crippen molar-refractivity contribution in [2.75, 3.05) is 0 Å². The lowest BCUT2D eigenvalue weighted by Gasteiger charge is -2.20. The van der Waals surface area contributed by atoms with Crippen LogP contribution in [0, 0.1) is 6.92 Å². The summed E-state index contributed by atoms with van der Waals surface area (Å²) in [6, 6.07) is 5.78. The third-order valence-electron chi connectivity index (χ3n) is 2.63. The molecule has 0 bridgehead atoms. The summed E-state index contributed by atoms with van der Waals surface area (Å²) in [5, 5.41) is -0.489. The lowest BCUT2D eigenvalue weighted by atomic mass is 9.86. The summed E-state index contributed by atoms with van der Waals surface area (Å²) in [4.78, 5) is 22.2. The summed E-state index contributed by atoms with van der Waals surface area (Å²) in [6.07, 6.45) is 2.13. The Balaban J connectivity index is 2.95. The molecule has 0 saturated carbocycles. The number of benzene rings is 1. The van der Waals surface area contributed by atoms with Crippen LogP contribution in [0.5, 0.6) is 5.75 Å². The quantitative estimate of drug-likeness (QED) is 0.399. The molecule has 0 amide bonds. The van der Waals surface area contributed by atoms with Gasteiger partial charge in [-0.25, -0.2) is 4.79 Å². The maximum atomic E-state index is 11.5. The van der Waals surface area contributed by atoms with Crippen LogP contribution in [0.3, 0.4) is 0 Å². The monoisotopic (exact) mass is 278 g/mol. The van der Waals surface area contributed by atoms with Gasteiger partial charge in [0, 0.05) is 6.08 Å². The van der Waals surface area contributed by atoms with Crippen molar-refractivity contribution in [3.63, 3.8) is 0 Å². The fourth-order valence-electron chi connectivity index (χ4n) is 1.46. The van der Waals surface area contributed by atoms with Gasteiger partial charge in [-0.1, -0.05) is 32.9 Å². The zero-order valence-electron chi connectivity index (χ0n) is 11.6. The van der Waals surface area contributed by atoms with E-state index in [1.165, 1.54) is 0 Å². The van der Waals surface area contributed by atoms with Crippen LogP contribution < -0.4 is 4.74 Å². The van der Waals surface area contributed by atoms with Gasteiger partial charge in [-0.3, -0.25) is 4.79 Å². The number of ether oxygens (including phenoxy) is 1. The molecular weight excluding hydrogens is 260 g/mol. The molecule has 0 unspecified atom stereocenters. The van der Waals surface area contributed by atoms with Crippen LogP contribution >= 0.6 is 12.6 Å². The standard InChI is InChI=1S/C15H18O3S/c1-10-5-6-11(15(2,3)4)9-12(10)18-13(16)7-8-14(17)19/h5-9H,1-4H3,(H,17,19)/b8-7-. The SMILES string of the molecule is Cc1ccc(C(C)(C)C)cc1OC(=O)/C=C\C(=O)S. The van der Waals surface area contributed by atoms with E-state index in [1.54, 1.807) is 0 Å². The average molecular weight is 278 g/mol. The number of esters is 1. The minimum absolute atomic E-state index is 0.0221. The highest BCUT2D eigenvalue weighted by molar-refractivity contribution is 7.97. The average Bonchev–Trinajstić information content (AvgIpc) is 2.28. The topological polar surface area (TPSA) is 43.4 Å². The molecule has 0 radical (unpaired) electrons. The molecular formula is C15H18O3S. The Kier molecular flexibility index (Phi) is 4.95. The molecule has 0 N–H and O–H groups in total. The molecule has 1 rings (SSSR count).